The van der Waals surface area contributed by atoms with E-state index in [2.05, 4.69) is 20.7 Å². The zero-order valence-corrected chi connectivity index (χ0v) is 11.6. The summed E-state index contributed by atoms with van der Waals surface area (Å²) in [5, 5.41) is 10.6. The Morgan fingerprint density at radius 1 is 1.26 bits per heavy atom. The number of hydrogen-bond donors (Lipinski definition) is 2. The molecule has 0 aliphatic rings. The molecule has 2 rings (SSSR count). The largest absolute Gasteiger partial charge is 0.285 e. The zero-order chi connectivity index (χ0) is 13.8. The van der Waals surface area contributed by atoms with Crippen LogP contribution >= 0.6 is 34.8 Å². The molecule has 2 aromatic rings. The van der Waals surface area contributed by atoms with E-state index >= 15 is 0 Å². The Balaban J connectivity index is 2.21. The SMILES string of the molecule is O=c1[nH]ncc(N/N=C\c2c(Cl)cccc2Cl)c1Cl. The predicted octanol–water partition coefficient (Wildman–Crippen LogP) is 3.18. The van der Waals surface area contributed by atoms with Crippen LogP contribution in [-0.4, -0.2) is 16.4 Å². The number of hydrazone groups is 1. The molecular formula is C11H7Cl3N4O. The smallest absolute Gasteiger partial charge is 0.275 e. The van der Waals surface area contributed by atoms with Gasteiger partial charge in [-0.15, -0.1) is 0 Å². The van der Waals surface area contributed by atoms with Crippen LogP contribution in [0.1, 0.15) is 5.56 Å². The van der Waals surface area contributed by atoms with E-state index in [9.17, 15) is 4.79 Å². The predicted molar refractivity (Wildman–Crippen MR) is 77.5 cm³/mol. The van der Waals surface area contributed by atoms with Gasteiger partial charge in [0.1, 0.15) is 10.7 Å². The fraction of sp³-hybridized carbons (Fsp3) is 0. The monoisotopic (exact) mass is 316 g/mol. The third-order valence-electron chi connectivity index (χ3n) is 2.17. The Bertz CT molecular complexity index is 664. The maximum Gasteiger partial charge on any atom is 0.285 e. The molecule has 0 saturated heterocycles. The van der Waals surface area contributed by atoms with Gasteiger partial charge in [-0.25, -0.2) is 5.10 Å². The van der Waals surface area contributed by atoms with Crippen molar-refractivity contribution in [3.8, 4) is 0 Å². The molecule has 0 unspecified atom stereocenters. The van der Waals surface area contributed by atoms with Gasteiger partial charge in [-0.3, -0.25) is 10.2 Å². The summed E-state index contributed by atoms with van der Waals surface area (Å²) in [5.74, 6) is 0. The highest BCUT2D eigenvalue weighted by molar-refractivity contribution is 6.38. The van der Waals surface area contributed by atoms with Crippen molar-refractivity contribution < 1.29 is 0 Å². The first kappa shape index (κ1) is 13.9. The summed E-state index contributed by atoms with van der Waals surface area (Å²) in [5.41, 5.74) is 2.94. The van der Waals surface area contributed by atoms with Gasteiger partial charge in [0.25, 0.3) is 5.56 Å². The van der Waals surface area contributed by atoms with Crippen LogP contribution in [0.5, 0.6) is 0 Å². The molecule has 0 spiro atoms. The normalized spacial score (nSPS) is 10.9. The highest BCUT2D eigenvalue weighted by Crippen LogP contribution is 2.22. The molecule has 0 radical (unpaired) electrons. The molecule has 0 atom stereocenters. The van der Waals surface area contributed by atoms with E-state index in [1.165, 1.54) is 12.4 Å². The lowest BCUT2D eigenvalue weighted by Gasteiger charge is -2.02. The molecule has 1 aromatic carbocycles. The minimum Gasteiger partial charge on any atom is -0.275 e. The Kier molecular flexibility index (Phi) is 4.42. The van der Waals surface area contributed by atoms with Crippen LogP contribution in [0.25, 0.3) is 0 Å². The lowest BCUT2D eigenvalue weighted by atomic mass is 10.2. The molecular weight excluding hydrogens is 311 g/mol. The first-order valence-corrected chi connectivity index (χ1v) is 6.19. The molecule has 0 aliphatic carbocycles. The minimum absolute atomic E-state index is 0.0302. The molecule has 1 heterocycles. The van der Waals surface area contributed by atoms with E-state index in [-0.39, 0.29) is 10.7 Å². The highest BCUT2D eigenvalue weighted by Gasteiger charge is 2.04. The van der Waals surface area contributed by atoms with Crippen molar-refractivity contribution in [2.45, 2.75) is 0 Å². The molecule has 0 fully saturated rings. The number of aromatic nitrogens is 2. The first-order valence-electron chi connectivity index (χ1n) is 5.06. The number of anilines is 1. The van der Waals surface area contributed by atoms with Gasteiger partial charge in [-0.2, -0.15) is 10.2 Å². The summed E-state index contributed by atoms with van der Waals surface area (Å²) < 4.78 is 0. The van der Waals surface area contributed by atoms with Gasteiger partial charge < -0.3 is 0 Å². The van der Waals surface area contributed by atoms with Crippen LogP contribution in [0.4, 0.5) is 5.69 Å². The first-order chi connectivity index (χ1) is 9.09. The maximum atomic E-state index is 11.2. The van der Waals surface area contributed by atoms with Crippen LogP contribution < -0.4 is 11.0 Å². The number of benzene rings is 1. The van der Waals surface area contributed by atoms with Crippen LogP contribution in [0.2, 0.25) is 15.1 Å². The summed E-state index contributed by atoms with van der Waals surface area (Å²) in [6.07, 6.45) is 2.78. The minimum atomic E-state index is -0.502. The van der Waals surface area contributed by atoms with Gasteiger partial charge in [0.2, 0.25) is 0 Å². The highest BCUT2D eigenvalue weighted by atomic mass is 35.5. The topological polar surface area (TPSA) is 70.1 Å². The Labute approximate surface area is 123 Å². The number of hydrogen-bond acceptors (Lipinski definition) is 4. The van der Waals surface area contributed by atoms with Crippen molar-refractivity contribution in [2.75, 3.05) is 5.43 Å². The van der Waals surface area contributed by atoms with Crippen molar-refractivity contribution in [3.63, 3.8) is 0 Å². The van der Waals surface area contributed by atoms with Gasteiger partial charge >= 0.3 is 0 Å². The molecule has 2 N–H and O–H groups in total. The summed E-state index contributed by atoms with van der Waals surface area (Å²) in [6, 6.07) is 5.11. The Hall–Kier alpha value is -1.56. The van der Waals surface area contributed by atoms with Gasteiger partial charge in [-0.05, 0) is 12.1 Å². The fourth-order valence-corrected chi connectivity index (χ4v) is 1.89. The summed E-state index contributed by atoms with van der Waals surface area (Å²) >= 11 is 17.7. The van der Waals surface area contributed by atoms with Crippen molar-refractivity contribution in [1.29, 1.82) is 0 Å². The van der Waals surface area contributed by atoms with Crippen LogP contribution in [0.3, 0.4) is 0 Å². The average molecular weight is 318 g/mol. The Morgan fingerprint density at radius 3 is 2.63 bits per heavy atom. The maximum absolute atomic E-state index is 11.2. The Morgan fingerprint density at radius 2 is 1.95 bits per heavy atom. The van der Waals surface area contributed by atoms with Crippen molar-refractivity contribution in [1.82, 2.24) is 10.2 Å². The number of H-pyrrole nitrogens is 1. The number of halogens is 3. The number of nitrogens with one attached hydrogen (secondary N) is 2. The van der Waals surface area contributed by atoms with Crippen molar-refractivity contribution >= 4 is 46.7 Å². The second kappa shape index (κ2) is 6.06. The molecule has 0 aliphatic heterocycles. The standard InChI is InChI=1S/C11H7Cl3N4O/c12-7-2-1-3-8(13)6(7)4-15-17-9-5-16-18-11(19)10(9)14/h1-5H,(H2,17,18,19)/b15-4-. The molecule has 8 heteroatoms. The third kappa shape index (κ3) is 3.26. The molecule has 19 heavy (non-hydrogen) atoms. The summed E-state index contributed by atoms with van der Waals surface area (Å²) in [4.78, 5) is 11.2. The second-order valence-corrected chi connectivity index (χ2v) is 4.62. The lowest BCUT2D eigenvalue weighted by molar-refractivity contribution is 0.987. The van der Waals surface area contributed by atoms with E-state index in [4.69, 9.17) is 34.8 Å². The molecule has 0 saturated carbocycles. The van der Waals surface area contributed by atoms with Crippen LogP contribution in [0.15, 0.2) is 34.3 Å². The fourth-order valence-electron chi connectivity index (χ4n) is 1.26. The summed E-state index contributed by atoms with van der Waals surface area (Å²) in [6.45, 7) is 0. The van der Waals surface area contributed by atoms with E-state index in [1.54, 1.807) is 18.2 Å². The molecule has 0 amide bonds. The second-order valence-electron chi connectivity index (χ2n) is 3.43. The molecule has 5 nitrogen and oxygen atoms in total. The molecule has 1 aromatic heterocycles. The summed E-state index contributed by atoms with van der Waals surface area (Å²) in [7, 11) is 0. The van der Waals surface area contributed by atoms with Crippen molar-refractivity contribution in [2.24, 2.45) is 5.10 Å². The number of aromatic amines is 1. The average Bonchev–Trinajstić information content (AvgIpc) is 2.38. The van der Waals surface area contributed by atoms with Gasteiger partial charge in [0, 0.05) is 5.56 Å². The van der Waals surface area contributed by atoms with E-state index < -0.39 is 5.56 Å². The van der Waals surface area contributed by atoms with Crippen molar-refractivity contribution in [3.05, 3.63) is 55.4 Å². The number of rotatable bonds is 3. The van der Waals surface area contributed by atoms with Crippen LogP contribution in [0, 0.1) is 0 Å². The third-order valence-corrected chi connectivity index (χ3v) is 3.21. The van der Waals surface area contributed by atoms with E-state index in [0.29, 0.717) is 15.6 Å². The quantitative estimate of drug-likeness (QED) is 0.675. The van der Waals surface area contributed by atoms with Gasteiger partial charge in [0.05, 0.1) is 22.5 Å². The van der Waals surface area contributed by atoms with E-state index in [1.807, 2.05) is 0 Å². The molecule has 98 valence electrons. The van der Waals surface area contributed by atoms with Crippen LogP contribution in [-0.2, 0) is 0 Å². The van der Waals surface area contributed by atoms with Gasteiger partial charge in [0.15, 0.2) is 0 Å². The van der Waals surface area contributed by atoms with Gasteiger partial charge in [-0.1, -0.05) is 40.9 Å². The number of nitrogens with zero attached hydrogens (tertiary/aromatic N) is 2. The molecule has 0 bridgehead atoms. The lowest BCUT2D eigenvalue weighted by Crippen LogP contribution is -2.10. The van der Waals surface area contributed by atoms with E-state index in [0.717, 1.165) is 0 Å². The zero-order valence-electron chi connectivity index (χ0n) is 9.32.